The summed E-state index contributed by atoms with van der Waals surface area (Å²) in [5.74, 6) is 0.608. The van der Waals surface area contributed by atoms with Gasteiger partial charge in [0, 0.05) is 18.1 Å². The smallest absolute Gasteiger partial charge is 0.0480 e. The van der Waals surface area contributed by atoms with Crippen molar-refractivity contribution in [1.29, 1.82) is 0 Å². The number of nitrogens with zero attached hydrogens (tertiary/aromatic N) is 1. The van der Waals surface area contributed by atoms with Crippen molar-refractivity contribution in [2.24, 2.45) is 5.92 Å². The highest BCUT2D eigenvalue weighted by Gasteiger charge is 2.30. The minimum atomic E-state index is 0.392. The molecule has 2 nitrogen and oxygen atoms in total. The highest BCUT2D eigenvalue weighted by Crippen LogP contribution is 2.27. The van der Waals surface area contributed by atoms with Gasteiger partial charge >= 0.3 is 0 Å². The third-order valence-corrected chi connectivity index (χ3v) is 4.08. The Morgan fingerprint density at radius 1 is 1.05 bits per heavy atom. The zero-order chi connectivity index (χ0) is 15.1. The maximum atomic E-state index is 3.76. The van der Waals surface area contributed by atoms with E-state index in [0.717, 1.165) is 6.54 Å². The SMILES string of the molecule is CCCNC(c1ccccc1)C(C(C)C)N(C)C(C)C. The molecule has 0 bridgehead atoms. The van der Waals surface area contributed by atoms with Crippen LogP contribution in [-0.4, -0.2) is 30.6 Å². The molecule has 1 N–H and O–H groups in total. The summed E-state index contributed by atoms with van der Waals surface area (Å²) in [6.45, 7) is 12.5. The van der Waals surface area contributed by atoms with Crippen LogP contribution in [0.25, 0.3) is 0 Å². The van der Waals surface area contributed by atoms with Crippen LogP contribution in [0.4, 0.5) is 0 Å². The number of hydrogen-bond donors (Lipinski definition) is 1. The summed E-state index contributed by atoms with van der Waals surface area (Å²) < 4.78 is 0. The summed E-state index contributed by atoms with van der Waals surface area (Å²) in [7, 11) is 2.25. The second-order valence-electron chi connectivity index (χ2n) is 6.34. The van der Waals surface area contributed by atoms with Gasteiger partial charge in [-0.05, 0) is 45.3 Å². The van der Waals surface area contributed by atoms with Gasteiger partial charge in [0.15, 0.2) is 0 Å². The van der Waals surface area contributed by atoms with Crippen LogP contribution in [0, 0.1) is 5.92 Å². The Kier molecular flexibility index (Phi) is 7.25. The molecule has 0 fully saturated rings. The molecule has 0 spiro atoms. The van der Waals surface area contributed by atoms with Crippen LogP contribution in [0.2, 0.25) is 0 Å². The predicted octanol–water partition coefficient (Wildman–Crippen LogP) is 4.09. The van der Waals surface area contributed by atoms with Gasteiger partial charge in [-0.1, -0.05) is 51.1 Å². The van der Waals surface area contributed by atoms with Crippen LogP contribution in [0.3, 0.4) is 0 Å². The molecule has 114 valence electrons. The first-order valence-electron chi connectivity index (χ1n) is 7.99. The molecule has 0 aliphatic rings. The van der Waals surface area contributed by atoms with Gasteiger partial charge in [-0.15, -0.1) is 0 Å². The Balaban J connectivity index is 3.05. The van der Waals surface area contributed by atoms with E-state index in [1.54, 1.807) is 0 Å². The van der Waals surface area contributed by atoms with Crippen LogP contribution >= 0.6 is 0 Å². The highest BCUT2D eigenvalue weighted by atomic mass is 15.2. The first-order valence-corrected chi connectivity index (χ1v) is 7.99. The summed E-state index contributed by atoms with van der Waals surface area (Å²) in [6, 6.07) is 12.3. The average Bonchev–Trinajstić information content (AvgIpc) is 2.43. The summed E-state index contributed by atoms with van der Waals surface area (Å²) in [5, 5.41) is 3.76. The van der Waals surface area contributed by atoms with Crippen molar-refractivity contribution >= 4 is 0 Å². The number of rotatable bonds is 8. The van der Waals surface area contributed by atoms with Gasteiger partial charge in [-0.3, -0.25) is 4.90 Å². The van der Waals surface area contributed by atoms with Crippen molar-refractivity contribution in [3.8, 4) is 0 Å². The molecule has 2 unspecified atom stereocenters. The van der Waals surface area contributed by atoms with E-state index in [4.69, 9.17) is 0 Å². The first-order chi connectivity index (χ1) is 9.49. The van der Waals surface area contributed by atoms with E-state index in [0.29, 0.717) is 24.0 Å². The molecule has 1 aromatic carbocycles. The van der Waals surface area contributed by atoms with Gasteiger partial charge < -0.3 is 5.32 Å². The number of hydrogen-bond acceptors (Lipinski definition) is 2. The Morgan fingerprint density at radius 2 is 1.65 bits per heavy atom. The zero-order valence-corrected chi connectivity index (χ0v) is 14.1. The Morgan fingerprint density at radius 3 is 2.10 bits per heavy atom. The van der Waals surface area contributed by atoms with Gasteiger partial charge in [0.05, 0.1) is 0 Å². The monoisotopic (exact) mass is 276 g/mol. The normalized spacial score (nSPS) is 15.1. The van der Waals surface area contributed by atoms with Gasteiger partial charge in [0.2, 0.25) is 0 Å². The average molecular weight is 276 g/mol. The maximum absolute atomic E-state index is 3.76. The molecule has 20 heavy (non-hydrogen) atoms. The van der Waals surface area contributed by atoms with E-state index in [1.165, 1.54) is 12.0 Å². The minimum Gasteiger partial charge on any atom is -0.309 e. The molecule has 1 aromatic rings. The standard InChI is InChI=1S/C18H32N2/c1-7-13-19-17(16-11-9-8-10-12-16)18(14(2)3)20(6)15(4)5/h8-12,14-15,17-19H,7,13H2,1-6H3. The largest absolute Gasteiger partial charge is 0.309 e. The van der Waals surface area contributed by atoms with Crippen LogP contribution in [-0.2, 0) is 0 Å². The molecule has 0 radical (unpaired) electrons. The van der Waals surface area contributed by atoms with Crippen LogP contribution < -0.4 is 5.32 Å². The fourth-order valence-electron chi connectivity index (χ4n) is 2.83. The van der Waals surface area contributed by atoms with Crippen LogP contribution in [0.5, 0.6) is 0 Å². The highest BCUT2D eigenvalue weighted by molar-refractivity contribution is 5.21. The van der Waals surface area contributed by atoms with E-state index < -0.39 is 0 Å². The summed E-state index contributed by atoms with van der Waals surface area (Å²) in [6.07, 6.45) is 1.17. The van der Waals surface area contributed by atoms with Crippen molar-refractivity contribution < 1.29 is 0 Å². The molecule has 0 aromatic heterocycles. The van der Waals surface area contributed by atoms with Crippen molar-refractivity contribution in [2.45, 2.75) is 59.2 Å². The van der Waals surface area contributed by atoms with E-state index in [2.05, 4.69) is 82.2 Å². The van der Waals surface area contributed by atoms with Gasteiger partial charge in [0.25, 0.3) is 0 Å². The van der Waals surface area contributed by atoms with Crippen LogP contribution in [0.1, 0.15) is 52.6 Å². The minimum absolute atomic E-state index is 0.392. The molecule has 0 amide bonds. The van der Waals surface area contributed by atoms with E-state index in [1.807, 2.05) is 0 Å². The molecule has 0 saturated heterocycles. The molecule has 0 heterocycles. The maximum Gasteiger partial charge on any atom is 0.0480 e. The quantitative estimate of drug-likeness (QED) is 0.769. The molecule has 0 aliphatic carbocycles. The lowest BCUT2D eigenvalue weighted by molar-refractivity contribution is 0.115. The molecule has 1 rings (SSSR count). The lowest BCUT2D eigenvalue weighted by Gasteiger charge is -2.40. The lowest BCUT2D eigenvalue weighted by atomic mass is 9.89. The summed E-state index contributed by atoms with van der Waals surface area (Å²) >= 11 is 0. The Labute approximate surface area is 125 Å². The second-order valence-corrected chi connectivity index (χ2v) is 6.34. The molecule has 2 heteroatoms. The van der Waals surface area contributed by atoms with Crippen molar-refractivity contribution in [1.82, 2.24) is 10.2 Å². The number of benzene rings is 1. The molecule has 0 aliphatic heterocycles. The zero-order valence-electron chi connectivity index (χ0n) is 14.1. The fraction of sp³-hybridized carbons (Fsp3) is 0.667. The number of nitrogens with one attached hydrogen (secondary N) is 1. The van der Waals surface area contributed by atoms with Crippen molar-refractivity contribution in [3.63, 3.8) is 0 Å². The third-order valence-electron chi connectivity index (χ3n) is 4.08. The molecular weight excluding hydrogens is 244 g/mol. The van der Waals surface area contributed by atoms with Crippen LogP contribution in [0.15, 0.2) is 30.3 Å². The Bertz CT molecular complexity index is 359. The third kappa shape index (κ3) is 4.60. The van der Waals surface area contributed by atoms with Gasteiger partial charge in [-0.25, -0.2) is 0 Å². The summed E-state index contributed by atoms with van der Waals surface area (Å²) in [5.41, 5.74) is 1.40. The first kappa shape index (κ1) is 17.2. The second kappa shape index (κ2) is 8.43. The lowest BCUT2D eigenvalue weighted by Crippen LogP contribution is -2.48. The molecule has 2 atom stereocenters. The fourth-order valence-corrected chi connectivity index (χ4v) is 2.83. The van der Waals surface area contributed by atoms with Gasteiger partial charge in [-0.2, -0.15) is 0 Å². The van der Waals surface area contributed by atoms with Gasteiger partial charge in [0.1, 0.15) is 0 Å². The summed E-state index contributed by atoms with van der Waals surface area (Å²) in [4.78, 5) is 2.50. The predicted molar refractivity (Wildman–Crippen MR) is 89.0 cm³/mol. The topological polar surface area (TPSA) is 15.3 Å². The molecular formula is C18H32N2. The number of likely N-dealkylation sites (N-methyl/N-ethyl adjacent to an activating group) is 1. The van der Waals surface area contributed by atoms with E-state index in [-0.39, 0.29) is 0 Å². The van der Waals surface area contributed by atoms with Crippen molar-refractivity contribution in [2.75, 3.05) is 13.6 Å². The van der Waals surface area contributed by atoms with E-state index in [9.17, 15) is 0 Å². The molecule has 0 saturated carbocycles. The Hall–Kier alpha value is -0.860. The van der Waals surface area contributed by atoms with E-state index >= 15 is 0 Å². The van der Waals surface area contributed by atoms with Crippen molar-refractivity contribution in [3.05, 3.63) is 35.9 Å².